The minimum Gasteiger partial charge on any atom is -0.393 e. The molecule has 0 aromatic carbocycles. The van der Waals surface area contributed by atoms with Crippen molar-refractivity contribution in [1.29, 1.82) is 0 Å². The molecular weight excluding hydrogens is 486 g/mol. The van der Waals surface area contributed by atoms with Gasteiger partial charge in [0.2, 0.25) is 0 Å². The van der Waals surface area contributed by atoms with E-state index in [1.165, 1.54) is 148 Å². The third-order valence-electron chi connectivity index (χ3n) is 9.07. The maximum Gasteiger partial charge on any atom is 0.0573 e. The van der Waals surface area contributed by atoms with Crippen molar-refractivity contribution < 1.29 is 5.11 Å². The summed E-state index contributed by atoms with van der Waals surface area (Å²) in [5.74, 6) is 1.95. The van der Waals surface area contributed by atoms with Gasteiger partial charge < -0.3 is 10.8 Å². The minimum absolute atomic E-state index is 0. The van der Waals surface area contributed by atoms with Crippen LogP contribution in [-0.4, -0.2) is 16.7 Å². The summed E-state index contributed by atoms with van der Waals surface area (Å²) in [5, 5.41) is 9.71. The summed E-state index contributed by atoms with van der Waals surface area (Å²) in [4.78, 5) is 0. The first-order chi connectivity index (χ1) is 17.8. The molecule has 0 bridgehead atoms. The topological polar surface area (TPSA) is 46.2 Å². The van der Waals surface area contributed by atoms with Gasteiger partial charge in [0.1, 0.15) is 0 Å². The SMILES string of the molecule is CC1CCC(C(C)C)C(O)C1.CCCCCCCCC(N)(CCCCCCCC)CCCCCCCC.Cl. The molecule has 3 unspecified atom stereocenters. The standard InChI is InChI=1S/C25H53N.C10H20O.ClH/c1-4-7-10-13-16-19-22-25(26,23-20-17-14-11-8-5-2)24-21-18-15-12-9-6-3;1-7(2)9-5-4-8(3)6-10(9)11;/h4-24,26H2,1-3H3;7-11H,4-6H2,1-3H3;1H. The first kappa shape index (κ1) is 40.3. The highest BCUT2D eigenvalue weighted by atomic mass is 35.5. The predicted molar refractivity (Wildman–Crippen MR) is 175 cm³/mol. The summed E-state index contributed by atoms with van der Waals surface area (Å²) in [6.45, 7) is 13.6. The molecule has 38 heavy (non-hydrogen) atoms. The van der Waals surface area contributed by atoms with Crippen LogP contribution in [0, 0.1) is 17.8 Å². The summed E-state index contributed by atoms with van der Waals surface area (Å²) in [7, 11) is 0. The Morgan fingerprint density at radius 2 is 0.974 bits per heavy atom. The molecule has 0 spiro atoms. The molecule has 1 rings (SSSR count). The number of aliphatic hydroxyl groups is 1. The first-order valence-electron chi connectivity index (χ1n) is 17.3. The van der Waals surface area contributed by atoms with E-state index in [9.17, 15) is 5.11 Å². The first-order valence-corrected chi connectivity index (χ1v) is 17.3. The van der Waals surface area contributed by atoms with E-state index >= 15 is 0 Å². The largest absolute Gasteiger partial charge is 0.393 e. The fourth-order valence-electron chi connectivity index (χ4n) is 6.30. The molecule has 3 atom stereocenters. The van der Waals surface area contributed by atoms with Crippen LogP contribution in [0.2, 0.25) is 0 Å². The van der Waals surface area contributed by atoms with Gasteiger partial charge in [0.25, 0.3) is 0 Å². The molecule has 3 heteroatoms. The molecule has 3 N–H and O–H groups in total. The molecule has 0 aliphatic heterocycles. The third kappa shape index (κ3) is 23.0. The Labute approximate surface area is 247 Å². The van der Waals surface area contributed by atoms with Gasteiger partial charge in [-0.05, 0) is 49.9 Å². The van der Waals surface area contributed by atoms with Crippen LogP contribution in [0.3, 0.4) is 0 Å². The lowest BCUT2D eigenvalue weighted by molar-refractivity contribution is 0.0266. The quantitative estimate of drug-likeness (QED) is 0.129. The third-order valence-corrected chi connectivity index (χ3v) is 9.07. The van der Waals surface area contributed by atoms with Gasteiger partial charge in [0, 0.05) is 5.54 Å². The van der Waals surface area contributed by atoms with Crippen LogP contribution >= 0.6 is 12.4 Å². The van der Waals surface area contributed by atoms with Crippen molar-refractivity contribution in [3.05, 3.63) is 0 Å². The van der Waals surface area contributed by atoms with E-state index in [4.69, 9.17) is 5.73 Å². The van der Waals surface area contributed by atoms with Crippen molar-refractivity contribution in [1.82, 2.24) is 0 Å². The summed E-state index contributed by atoms with van der Waals surface area (Å²) < 4.78 is 0. The van der Waals surface area contributed by atoms with Gasteiger partial charge in [0.05, 0.1) is 6.10 Å². The van der Waals surface area contributed by atoms with Crippen LogP contribution in [0.5, 0.6) is 0 Å². The Morgan fingerprint density at radius 1 is 0.632 bits per heavy atom. The maximum absolute atomic E-state index is 9.71. The predicted octanol–water partition coefficient (Wildman–Crippen LogP) is 11.8. The summed E-state index contributed by atoms with van der Waals surface area (Å²) in [5.41, 5.74) is 7.06. The normalized spacial score (nSPS) is 19.7. The Hall–Kier alpha value is 0.210. The number of rotatable bonds is 22. The number of halogens is 1. The number of hydrogen-bond acceptors (Lipinski definition) is 2. The molecule has 1 saturated carbocycles. The Kier molecular flexibility index (Phi) is 29.1. The van der Waals surface area contributed by atoms with Crippen molar-refractivity contribution in [3.8, 4) is 0 Å². The van der Waals surface area contributed by atoms with Crippen molar-refractivity contribution in [2.24, 2.45) is 23.5 Å². The summed E-state index contributed by atoms with van der Waals surface area (Å²) >= 11 is 0. The zero-order valence-corrected chi connectivity index (χ0v) is 28.0. The van der Waals surface area contributed by atoms with E-state index in [1.54, 1.807) is 0 Å². The van der Waals surface area contributed by atoms with E-state index in [1.807, 2.05) is 0 Å². The van der Waals surface area contributed by atoms with Gasteiger partial charge in [-0.2, -0.15) is 0 Å². The van der Waals surface area contributed by atoms with Gasteiger partial charge >= 0.3 is 0 Å². The molecule has 0 aromatic heterocycles. The van der Waals surface area contributed by atoms with E-state index < -0.39 is 0 Å². The highest BCUT2D eigenvalue weighted by Crippen LogP contribution is 2.33. The number of hydrogen-bond donors (Lipinski definition) is 2. The van der Waals surface area contributed by atoms with E-state index in [0.29, 0.717) is 11.8 Å². The second-order valence-electron chi connectivity index (χ2n) is 13.3. The van der Waals surface area contributed by atoms with Gasteiger partial charge in [-0.25, -0.2) is 0 Å². The molecule has 1 fully saturated rings. The van der Waals surface area contributed by atoms with Crippen molar-refractivity contribution in [3.63, 3.8) is 0 Å². The summed E-state index contributed by atoms with van der Waals surface area (Å²) in [6, 6.07) is 0. The zero-order chi connectivity index (χ0) is 27.8. The van der Waals surface area contributed by atoms with Crippen molar-refractivity contribution in [2.75, 3.05) is 0 Å². The van der Waals surface area contributed by atoms with E-state index in [0.717, 1.165) is 12.3 Å². The Bertz CT molecular complexity index is 428. The fourth-order valence-corrected chi connectivity index (χ4v) is 6.30. The molecule has 232 valence electrons. The van der Waals surface area contributed by atoms with Crippen LogP contribution in [0.15, 0.2) is 0 Å². The lowest BCUT2D eigenvalue weighted by Crippen LogP contribution is -2.39. The van der Waals surface area contributed by atoms with Gasteiger partial charge in [0.15, 0.2) is 0 Å². The van der Waals surface area contributed by atoms with Crippen molar-refractivity contribution >= 4 is 12.4 Å². The zero-order valence-electron chi connectivity index (χ0n) is 27.2. The molecule has 0 saturated heterocycles. The van der Waals surface area contributed by atoms with Crippen LogP contribution in [-0.2, 0) is 0 Å². The molecule has 2 nitrogen and oxygen atoms in total. The molecule has 1 aliphatic rings. The van der Waals surface area contributed by atoms with Crippen LogP contribution in [0.1, 0.15) is 196 Å². The smallest absolute Gasteiger partial charge is 0.0573 e. The van der Waals surface area contributed by atoms with E-state index in [2.05, 4.69) is 41.5 Å². The van der Waals surface area contributed by atoms with E-state index in [-0.39, 0.29) is 24.0 Å². The van der Waals surface area contributed by atoms with Gasteiger partial charge in [-0.15, -0.1) is 12.4 Å². The molecule has 0 amide bonds. The Morgan fingerprint density at radius 3 is 1.29 bits per heavy atom. The van der Waals surface area contributed by atoms with Gasteiger partial charge in [-0.3, -0.25) is 0 Å². The van der Waals surface area contributed by atoms with Gasteiger partial charge in [-0.1, -0.05) is 164 Å². The number of aliphatic hydroxyl groups excluding tert-OH is 1. The molecule has 1 aliphatic carbocycles. The lowest BCUT2D eigenvalue weighted by atomic mass is 9.75. The maximum atomic E-state index is 9.71. The highest BCUT2D eigenvalue weighted by Gasteiger charge is 2.28. The van der Waals surface area contributed by atoms with Crippen LogP contribution < -0.4 is 5.73 Å². The number of nitrogens with two attached hydrogens (primary N) is 1. The van der Waals surface area contributed by atoms with Crippen LogP contribution in [0.4, 0.5) is 0 Å². The molecule has 0 radical (unpaired) electrons. The molecule has 0 aromatic rings. The molecular formula is C35H74ClNO. The average Bonchev–Trinajstić information content (AvgIpc) is 2.86. The highest BCUT2D eigenvalue weighted by molar-refractivity contribution is 5.85. The average molecular weight is 560 g/mol. The molecule has 0 heterocycles. The second-order valence-corrected chi connectivity index (χ2v) is 13.3. The second kappa shape index (κ2) is 27.4. The summed E-state index contributed by atoms with van der Waals surface area (Å²) in [6.07, 6.45) is 32.3. The Balaban J connectivity index is 0. The lowest BCUT2D eigenvalue weighted by Gasteiger charge is -2.33. The number of unbranched alkanes of at least 4 members (excludes halogenated alkanes) is 15. The monoisotopic (exact) mass is 560 g/mol. The fraction of sp³-hybridized carbons (Fsp3) is 1.00. The minimum atomic E-state index is -0.0289. The van der Waals surface area contributed by atoms with Crippen molar-refractivity contribution in [2.45, 2.75) is 207 Å². The van der Waals surface area contributed by atoms with Crippen LogP contribution in [0.25, 0.3) is 0 Å².